The number of carbonyl (C=O) groups is 1. The van der Waals surface area contributed by atoms with Crippen molar-refractivity contribution < 1.29 is 9.63 Å². The number of hydrogen-bond acceptors (Lipinski definition) is 3. The van der Waals surface area contributed by atoms with Crippen molar-refractivity contribution in [3.8, 4) is 11.3 Å². The van der Waals surface area contributed by atoms with Crippen molar-refractivity contribution in [2.45, 2.75) is 26.2 Å². The molecule has 0 spiro atoms. The molecule has 18 heavy (non-hydrogen) atoms. The molecule has 3 rings (SSSR count). The fourth-order valence-electron chi connectivity index (χ4n) is 2.52. The summed E-state index contributed by atoms with van der Waals surface area (Å²) in [5.41, 5.74) is 5.40. The van der Waals surface area contributed by atoms with Crippen LogP contribution in [-0.2, 0) is 17.6 Å². The summed E-state index contributed by atoms with van der Waals surface area (Å²) in [4.78, 5) is 20.1. The molecule has 0 unspecified atom stereocenters. The van der Waals surface area contributed by atoms with Gasteiger partial charge >= 0.3 is 6.47 Å². The van der Waals surface area contributed by atoms with Crippen LogP contribution in [0, 0.1) is 6.92 Å². The Kier molecular flexibility index (Phi) is 2.63. The van der Waals surface area contributed by atoms with Crippen molar-refractivity contribution in [2.24, 2.45) is 0 Å². The average molecular weight is 242 g/mol. The van der Waals surface area contributed by atoms with E-state index in [-0.39, 0.29) is 0 Å². The van der Waals surface area contributed by atoms with Crippen molar-refractivity contribution in [1.82, 2.24) is 9.71 Å². The molecule has 0 amide bonds. The lowest BCUT2D eigenvalue weighted by Crippen LogP contribution is -2.11. The maximum absolute atomic E-state index is 10.5. The Morgan fingerprint density at radius 3 is 3.06 bits per heavy atom. The molecule has 4 heteroatoms. The number of rotatable bonds is 2. The summed E-state index contributed by atoms with van der Waals surface area (Å²) in [6, 6.07) is 6.16. The molecule has 2 aromatic rings. The number of aryl methyl sites for hydroxylation is 2. The van der Waals surface area contributed by atoms with Gasteiger partial charge in [-0.25, -0.2) is 0 Å². The molecule has 0 N–H and O–H groups in total. The second kappa shape index (κ2) is 4.29. The van der Waals surface area contributed by atoms with Gasteiger partial charge in [-0.3, -0.25) is 9.78 Å². The molecule has 0 aliphatic heterocycles. The van der Waals surface area contributed by atoms with Crippen molar-refractivity contribution in [3.05, 3.63) is 41.3 Å². The summed E-state index contributed by atoms with van der Waals surface area (Å²) in [7, 11) is 0. The van der Waals surface area contributed by atoms with Gasteiger partial charge in [0.25, 0.3) is 0 Å². The largest absolute Gasteiger partial charge is 0.340 e. The van der Waals surface area contributed by atoms with E-state index < -0.39 is 0 Å². The van der Waals surface area contributed by atoms with E-state index in [0.717, 1.165) is 41.9 Å². The van der Waals surface area contributed by atoms with Crippen molar-refractivity contribution in [2.75, 3.05) is 0 Å². The van der Waals surface area contributed by atoms with Gasteiger partial charge in [-0.2, -0.15) is 4.73 Å². The molecule has 1 aliphatic carbocycles. The first-order chi connectivity index (χ1) is 8.79. The second-order valence-electron chi connectivity index (χ2n) is 4.52. The van der Waals surface area contributed by atoms with Crippen molar-refractivity contribution in [3.63, 3.8) is 0 Å². The molecule has 4 nitrogen and oxygen atoms in total. The molecular formula is C14H14N2O2. The van der Waals surface area contributed by atoms with Crippen LogP contribution in [0.3, 0.4) is 0 Å². The van der Waals surface area contributed by atoms with Crippen LogP contribution in [-0.4, -0.2) is 16.2 Å². The molecule has 92 valence electrons. The zero-order valence-electron chi connectivity index (χ0n) is 10.2. The van der Waals surface area contributed by atoms with Crippen LogP contribution >= 0.6 is 0 Å². The lowest BCUT2D eigenvalue weighted by atomic mass is 10.1. The van der Waals surface area contributed by atoms with Gasteiger partial charge in [0.05, 0.1) is 11.4 Å². The predicted molar refractivity (Wildman–Crippen MR) is 67.1 cm³/mol. The second-order valence-corrected chi connectivity index (χ2v) is 4.52. The maximum atomic E-state index is 10.5. The van der Waals surface area contributed by atoms with Gasteiger partial charge in [0, 0.05) is 17.5 Å². The molecule has 2 heterocycles. The molecule has 0 atom stereocenters. The van der Waals surface area contributed by atoms with E-state index in [1.165, 1.54) is 5.56 Å². The van der Waals surface area contributed by atoms with Crippen LogP contribution in [0.25, 0.3) is 11.3 Å². The SMILES string of the molecule is Cc1ccc2c(n1)-c1ccn(OC=O)c1CCC2. The number of fused-ring (bicyclic) bond motifs is 3. The minimum absolute atomic E-state index is 0.454. The van der Waals surface area contributed by atoms with E-state index in [4.69, 9.17) is 4.84 Å². The maximum Gasteiger partial charge on any atom is 0.321 e. The Balaban J connectivity index is 2.18. The van der Waals surface area contributed by atoms with Crippen molar-refractivity contribution in [1.29, 1.82) is 0 Å². The fraction of sp³-hybridized carbons (Fsp3) is 0.286. The average Bonchev–Trinajstić information content (AvgIpc) is 2.66. The number of aromatic nitrogens is 2. The number of pyridine rings is 1. The third-order valence-electron chi connectivity index (χ3n) is 3.34. The van der Waals surface area contributed by atoms with Crippen LogP contribution in [0.1, 0.15) is 23.4 Å². The minimum Gasteiger partial charge on any atom is -0.340 e. The van der Waals surface area contributed by atoms with E-state index in [9.17, 15) is 4.79 Å². The summed E-state index contributed by atoms with van der Waals surface area (Å²) in [5, 5.41) is 0. The summed E-state index contributed by atoms with van der Waals surface area (Å²) >= 11 is 0. The molecule has 0 radical (unpaired) electrons. The van der Waals surface area contributed by atoms with Gasteiger partial charge in [0.15, 0.2) is 0 Å². The number of nitrogens with zero attached hydrogens (tertiary/aromatic N) is 2. The highest BCUT2D eigenvalue weighted by Gasteiger charge is 2.19. The lowest BCUT2D eigenvalue weighted by Gasteiger charge is -2.07. The molecule has 2 aromatic heterocycles. The van der Waals surface area contributed by atoms with Crippen LogP contribution in [0.15, 0.2) is 24.4 Å². The molecule has 0 saturated heterocycles. The highest BCUT2D eigenvalue weighted by Crippen LogP contribution is 2.31. The van der Waals surface area contributed by atoms with Gasteiger partial charge in [0.1, 0.15) is 0 Å². The monoisotopic (exact) mass is 242 g/mol. The predicted octanol–water partition coefficient (Wildman–Crippen LogP) is 1.93. The van der Waals surface area contributed by atoms with Gasteiger partial charge in [-0.1, -0.05) is 6.07 Å². The molecule has 1 aliphatic rings. The third kappa shape index (κ3) is 1.70. The first-order valence-corrected chi connectivity index (χ1v) is 6.07. The molecule has 0 saturated carbocycles. The number of carbonyl (C=O) groups excluding carboxylic acids is 1. The van der Waals surface area contributed by atoms with E-state index in [0.29, 0.717) is 6.47 Å². The Labute approximate surface area is 105 Å². The Hall–Kier alpha value is -2.10. The summed E-state index contributed by atoms with van der Waals surface area (Å²) in [6.07, 6.45) is 4.72. The smallest absolute Gasteiger partial charge is 0.321 e. The normalized spacial score (nSPS) is 13.4. The van der Waals surface area contributed by atoms with Gasteiger partial charge in [-0.15, -0.1) is 0 Å². The lowest BCUT2D eigenvalue weighted by molar-refractivity contribution is -0.129. The quantitative estimate of drug-likeness (QED) is 0.756. The topological polar surface area (TPSA) is 44.1 Å². The fourth-order valence-corrected chi connectivity index (χ4v) is 2.52. The molecule has 0 fully saturated rings. The Morgan fingerprint density at radius 1 is 1.33 bits per heavy atom. The van der Waals surface area contributed by atoms with Crippen LogP contribution in [0.4, 0.5) is 0 Å². The number of hydrogen-bond donors (Lipinski definition) is 0. The van der Waals surface area contributed by atoms with Gasteiger partial charge < -0.3 is 4.84 Å². The van der Waals surface area contributed by atoms with Crippen LogP contribution in [0.5, 0.6) is 0 Å². The van der Waals surface area contributed by atoms with Crippen molar-refractivity contribution >= 4 is 6.47 Å². The highest BCUT2D eigenvalue weighted by atomic mass is 16.7. The minimum atomic E-state index is 0.454. The van der Waals surface area contributed by atoms with E-state index in [2.05, 4.69) is 11.1 Å². The van der Waals surface area contributed by atoms with Gasteiger partial charge in [0.2, 0.25) is 0 Å². The van der Waals surface area contributed by atoms with E-state index >= 15 is 0 Å². The Bertz CT molecular complexity index is 602. The first kappa shape index (κ1) is 11.0. The van der Waals surface area contributed by atoms with E-state index in [1.807, 2.05) is 19.1 Å². The third-order valence-corrected chi connectivity index (χ3v) is 3.34. The zero-order valence-corrected chi connectivity index (χ0v) is 10.2. The molecular weight excluding hydrogens is 228 g/mol. The molecule has 0 aromatic carbocycles. The highest BCUT2D eigenvalue weighted by molar-refractivity contribution is 5.67. The summed E-state index contributed by atoms with van der Waals surface area (Å²) in [6.45, 7) is 2.44. The standard InChI is InChI=1S/C14H14N2O2/c1-10-5-6-11-3-2-4-13-12(14(11)15-10)7-8-16(13)18-9-17/h5-9H,2-4H2,1H3. The summed E-state index contributed by atoms with van der Waals surface area (Å²) in [5.74, 6) is 0. The van der Waals surface area contributed by atoms with Crippen LogP contribution < -0.4 is 4.84 Å². The van der Waals surface area contributed by atoms with Crippen LogP contribution in [0.2, 0.25) is 0 Å². The summed E-state index contributed by atoms with van der Waals surface area (Å²) < 4.78 is 1.54. The Morgan fingerprint density at radius 2 is 2.22 bits per heavy atom. The molecule has 0 bridgehead atoms. The zero-order chi connectivity index (χ0) is 12.5. The van der Waals surface area contributed by atoms with E-state index in [1.54, 1.807) is 10.9 Å². The first-order valence-electron chi connectivity index (χ1n) is 6.07. The van der Waals surface area contributed by atoms with Gasteiger partial charge in [-0.05, 0) is 43.9 Å².